The van der Waals surface area contributed by atoms with Crippen molar-refractivity contribution in [2.45, 2.75) is 6.92 Å². The van der Waals surface area contributed by atoms with E-state index < -0.39 is 5.91 Å². The van der Waals surface area contributed by atoms with E-state index in [-0.39, 0.29) is 17.0 Å². The number of nitrogen functional groups attached to an aromatic ring is 1. The molecule has 0 aliphatic carbocycles. The first-order chi connectivity index (χ1) is 9.51. The highest BCUT2D eigenvalue weighted by molar-refractivity contribution is 6.29. The minimum absolute atomic E-state index is 0.0558. The van der Waals surface area contributed by atoms with Crippen LogP contribution in [-0.4, -0.2) is 23.0 Å². The lowest BCUT2D eigenvalue weighted by Crippen LogP contribution is -2.16. The van der Waals surface area contributed by atoms with E-state index in [9.17, 15) is 4.79 Å². The fourth-order valence-electron chi connectivity index (χ4n) is 1.60. The van der Waals surface area contributed by atoms with Crippen LogP contribution in [-0.2, 0) is 0 Å². The normalized spacial score (nSPS) is 10.2. The molecule has 104 valence electrons. The molecule has 0 aliphatic rings. The third-order valence-electron chi connectivity index (χ3n) is 2.67. The minimum Gasteiger partial charge on any atom is -0.481 e. The number of methoxy groups -OCH3 is 1. The van der Waals surface area contributed by atoms with Gasteiger partial charge in [-0.1, -0.05) is 23.7 Å². The molecule has 0 saturated heterocycles. The number of ether oxygens (including phenoxy) is 1. The van der Waals surface area contributed by atoms with E-state index in [0.29, 0.717) is 11.3 Å². The Hall–Kier alpha value is -2.34. The number of hydrogen-bond donors (Lipinski definition) is 2. The maximum Gasteiger partial charge on any atom is 0.260 e. The lowest BCUT2D eigenvalue weighted by atomic mass is 10.1. The molecule has 0 aliphatic heterocycles. The highest BCUT2D eigenvalue weighted by Gasteiger charge is 2.13. The molecule has 20 heavy (non-hydrogen) atoms. The summed E-state index contributed by atoms with van der Waals surface area (Å²) in [6.07, 6.45) is 0. The summed E-state index contributed by atoms with van der Waals surface area (Å²) in [5, 5.41) is 2.71. The fraction of sp³-hybridized carbons (Fsp3) is 0.154. The van der Waals surface area contributed by atoms with Crippen LogP contribution in [0.5, 0.6) is 5.88 Å². The summed E-state index contributed by atoms with van der Waals surface area (Å²) in [7, 11) is 1.45. The summed E-state index contributed by atoms with van der Waals surface area (Å²) < 4.78 is 4.95. The number of nitrogens with zero attached hydrogens (tertiary/aromatic N) is 2. The number of aryl methyl sites for hydroxylation is 1. The van der Waals surface area contributed by atoms with Crippen molar-refractivity contribution in [2.75, 3.05) is 18.2 Å². The Morgan fingerprint density at radius 2 is 2.15 bits per heavy atom. The molecule has 2 rings (SSSR count). The number of carbonyl (C=O) groups excluding carboxylic acids is 1. The van der Waals surface area contributed by atoms with E-state index in [2.05, 4.69) is 15.3 Å². The minimum atomic E-state index is -0.407. The van der Waals surface area contributed by atoms with Crippen molar-refractivity contribution in [3.8, 4) is 5.88 Å². The third-order valence-corrected chi connectivity index (χ3v) is 2.87. The number of aromatic nitrogens is 2. The summed E-state index contributed by atoms with van der Waals surface area (Å²) in [5.74, 6) is -0.0895. The van der Waals surface area contributed by atoms with Gasteiger partial charge < -0.3 is 10.5 Å². The number of para-hydroxylation sites is 1. The van der Waals surface area contributed by atoms with Gasteiger partial charge >= 0.3 is 0 Å². The molecule has 7 heteroatoms. The van der Waals surface area contributed by atoms with Crippen molar-refractivity contribution in [1.82, 2.24) is 9.97 Å². The Labute approximate surface area is 120 Å². The van der Waals surface area contributed by atoms with Gasteiger partial charge in [-0.15, -0.1) is 0 Å². The Morgan fingerprint density at radius 1 is 1.40 bits per heavy atom. The van der Waals surface area contributed by atoms with Crippen LogP contribution >= 0.6 is 11.6 Å². The summed E-state index contributed by atoms with van der Waals surface area (Å²) in [6.45, 7) is 1.82. The second kappa shape index (κ2) is 5.75. The number of anilines is 2. The molecule has 1 amide bonds. The molecule has 6 nitrogen and oxygen atoms in total. The van der Waals surface area contributed by atoms with Crippen molar-refractivity contribution in [2.24, 2.45) is 0 Å². The molecule has 0 bridgehead atoms. The number of rotatable bonds is 3. The average Bonchev–Trinajstić information content (AvgIpc) is 2.41. The van der Waals surface area contributed by atoms with Gasteiger partial charge in [-0.3, -0.25) is 10.1 Å². The van der Waals surface area contributed by atoms with Crippen LogP contribution in [0.25, 0.3) is 0 Å². The Kier molecular flexibility index (Phi) is 4.05. The fourth-order valence-corrected chi connectivity index (χ4v) is 1.78. The van der Waals surface area contributed by atoms with Crippen LogP contribution in [0.3, 0.4) is 0 Å². The third kappa shape index (κ3) is 2.97. The molecule has 3 N–H and O–H groups in total. The number of benzene rings is 1. The molecule has 0 fully saturated rings. The first-order valence-corrected chi connectivity index (χ1v) is 6.14. The maximum atomic E-state index is 12.1. The lowest BCUT2D eigenvalue weighted by molar-refractivity contribution is 0.102. The van der Waals surface area contributed by atoms with Gasteiger partial charge in [0.1, 0.15) is 5.15 Å². The van der Waals surface area contributed by atoms with Crippen molar-refractivity contribution < 1.29 is 9.53 Å². The molecular weight excluding hydrogens is 280 g/mol. The summed E-state index contributed by atoms with van der Waals surface area (Å²) >= 11 is 5.81. The van der Waals surface area contributed by atoms with Gasteiger partial charge in [0.15, 0.2) is 0 Å². The van der Waals surface area contributed by atoms with Crippen molar-refractivity contribution in [3.63, 3.8) is 0 Å². The predicted molar refractivity (Wildman–Crippen MR) is 77.1 cm³/mol. The maximum absolute atomic E-state index is 12.1. The Morgan fingerprint density at radius 3 is 2.85 bits per heavy atom. The molecular formula is C13H13ClN4O2. The van der Waals surface area contributed by atoms with Crippen molar-refractivity contribution in [3.05, 3.63) is 40.5 Å². The van der Waals surface area contributed by atoms with Crippen LogP contribution < -0.4 is 15.8 Å². The Balaban J connectivity index is 2.28. The SMILES string of the molecule is COc1cc(Cl)nc(NC(=O)c2cccc(C)c2N)n1. The number of amides is 1. The van der Waals surface area contributed by atoms with E-state index >= 15 is 0 Å². The van der Waals surface area contributed by atoms with Crippen LogP contribution in [0.15, 0.2) is 24.3 Å². The van der Waals surface area contributed by atoms with Crippen LogP contribution in [0, 0.1) is 6.92 Å². The predicted octanol–water partition coefficient (Wildman–Crippen LogP) is 2.28. The van der Waals surface area contributed by atoms with Gasteiger partial charge in [-0.05, 0) is 18.6 Å². The second-order valence-corrected chi connectivity index (χ2v) is 4.43. The molecule has 1 aromatic heterocycles. The van der Waals surface area contributed by atoms with Crippen molar-refractivity contribution in [1.29, 1.82) is 0 Å². The average molecular weight is 293 g/mol. The summed E-state index contributed by atoms with van der Waals surface area (Å²) in [5.41, 5.74) is 7.46. The zero-order valence-corrected chi connectivity index (χ0v) is 11.7. The van der Waals surface area contributed by atoms with Gasteiger partial charge in [0, 0.05) is 11.8 Å². The van der Waals surface area contributed by atoms with Gasteiger partial charge in [-0.2, -0.15) is 4.98 Å². The Bertz CT molecular complexity index is 661. The standard InChI is InChI=1S/C13H13ClN4O2/c1-7-4-3-5-8(11(7)15)12(19)18-13-16-9(14)6-10(17-13)20-2/h3-6H,15H2,1-2H3,(H,16,17,18,19). The molecule has 0 atom stereocenters. The first kappa shape index (κ1) is 14.1. The van der Waals surface area contributed by atoms with E-state index in [1.165, 1.54) is 13.2 Å². The topological polar surface area (TPSA) is 90.1 Å². The highest BCUT2D eigenvalue weighted by atomic mass is 35.5. The van der Waals surface area contributed by atoms with E-state index in [1.807, 2.05) is 13.0 Å². The quantitative estimate of drug-likeness (QED) is 0.669. The van der Waals surface area contributed by atoms with E-state index in [1.54, 1.807) is 12.1 Å². The molecule has 0 saturated carbocycles. The summed E-state index contributed by atoms with van der Waals surface area (Å²) in [4.78, 5) is 20.0. The van der Waals surface area contributed by atoms with Crippen LogP contribution in [0.1, 0.15) is 15.9 Å². The number of carbonyl (C=O) groups is 1. The zero-order chi connectivity index (χ0) is 14.7. The molecule has 1 heterocycles. The number of nitrogens with two attached hydrogens (primary N) is 1. The van der Waals surface area contributed by atoms with Crippen molar-refractivity contribution >= 4 is 29.1 Å². The van der Waals surface area contributed by atoms with Gasteiger partial charge in [0.2, 0.25) is 11.8 Å². The van der Waals surface area contributed by atoms with Gasteiger partial charge in [0.25, 0.3) is 5.91 Å². The number of hydrogen-bond acceptors (Lipinski definition) is 5. The number of halogens is 1. The van der Waals surface area contributed by atoms with E-state index in [0.717, 1.165) is 5.56 Å². The molecule has 2 aromatic rings. The zero-order valence-electron chi connectivity index (χ0n) is 11.0. The number of nitrogens with one attached hydrogen (secondary N) is 1. The monoisotopic (exact) mass is 292 g/mol. The van der Waals surface area contributed by atoms with Gasteiger partial charge in [-0.25, -0.2) is 4.98 Å². The molecule has 1 aromatic carbocycles. The smallest absolute Gasteiger partial charge is 0.260 e. The second-order valence-electron chi connectivity index (χ2n) is 4.05. The van der Waals surface area contributed by atoms with Crippen LogP contribution in [0.2, 0.25) is 5.15 Å². The van der Waals surface area contributed by atoms with Crippen LogP contribution in [0.4, 0.5) is 11.6 Å². The lowest BCUT2D eigenvalue weighted by Gasteiger charge is -2.09. The largest absolute Gasteiger partial charge is 0.481 e. The van der Waals surface area contributed by atoms with Gasteiger partial charge in [0.05, 0.1) is 12.7 Å². The molecule has 0 unspecified atom stereocenters. The molecule has 0 spiro atoms. The first-order valence-electron chi connectivity index (χ1n) is 5.76. The van der Waals surface area contributed by atoms with E-state index in [4.69, 9.17) is 22.1 Å². The highest BCUT2D eigenvalue weighted by Crippen LogP contribution is 2.19. The summed E-state index contributed by atoms with van der Waals surface area (Å²) in [6, 6.07) is 6.64. The molecule has 0 radical (unpaired) electrons.